The Morgan fingerprint density at radius 3 is 1.68 bits per heavy atom. The first-order valence-electron chi connectivity index (χ1n) is 8.77. The zero-order valence-electron chi connectivity index (χ0n) is 15.9. The Kier molecular flexibility index (Phi) is 9.32. The van der Waals surface area contributed by atoms with Crippen LogP contribution in [0.3, 0.4) is 0 Å². The van der Waals surface area contributed by atoms with Crippen molar-refractivity contribution in [3.63, 3.8) is 0 Å². The average molecular weight is 489 g/mol. The molecular formula is C13H19B2ClF9N5O. The lowest BCUT2D eigenvalue weighted by Crippen LogP contribution is -2.71. The Hall–Kier alpha value is -1.87. The van der Waals surface area contributed by atoms with E-state index in [0.29, 0.717) is 36.7 Å². The summed E-state index contributed by atoms with van der Waals surface area (Å²) in [5.74, 6) is 0. The number of halogens is 10. The number of fused-ring (bicyclic) bond motifs is 4. The van der Waals surface area contributed by atoms with Crippen molar-refractivity contribution >= 4 is 37.1 Å². The molecular weight excluding hydrogens is 470 g/mol. The molecule has 0 aliphatic carbocycles. The molecule has 2 aromatic rings. The molecule has 3 fully saturated rings. The van der Waals surface area contributed by atoms with Crippen molar-refractivity contribution in [2.45, 2.75) is 0 Å². The van der Waals surface area contributed by atoms with Crippen LogP contribution in [0.2, 0.25) is 0 Å². The van der Waals surface area contributed by atoms with Gasteiger partial charge in [-0.1, -0.05) is 28.6 Å². The Balaban J connectivity index is 0.000000222. The number of rotatable bonds is 1. The summed E-state index contributed by atoms with van der Waals surface area (Å²) in [5.41, 5.74) is 1.33. The number of para-hydroxylation sites is 1. The predicted molar refractivity (Wildman–Crippen MR) is 96.6 cm³/mol. The fourth-order valence-electron chi connectivity index (χ4n) is 2.88. The molecule has 2 bridgehead atoms. The van der Waals surface area contributed by atoms with E-state index in [-0.39, 0.29) is 4.71 Å². The highest BCUT2D eigenvalue weighted by atomic mass is 35.5. The van der Waals surface area contributed by atoms with Gasteiger partial charge in [0.2, 0.25) is 0 Å². The molecule has 3 saturated heterocycles. The van der Waals surface area contributed by atoms with Gasteiger partial charge < -0.3 is 39.7 Å². The van der Waals surface area contributed by atoms with E-state index in [1.807, 2.05) is 12.1 Å². The molecule has 0 amide bonds. The van der Waals surface area contributed by atoms with Crippen LogP contribution in [0, 0.1) is 0 Å². The van der Waals surface area contributed by atoms with Gasteiger partial charge in [0, 0.05) is 0 Å². The normalized spacial score (nSPS) is 24.8. The van der Waals surface area contributed by atoms with Crippen LogP contribution < -0.4 is 0 Å². The molecule has 1 aromatic heterocycles. The average Bonchev–Trinajstić information content (AvgIpc) is 3.02. The maximum atomic E-state index is 13.5. The minimum atomic E-state index is -6.00. The van der Waals surface area contributed by atoms with E-state index >= 15 is 0 Å². The SMILES string of the molecule is F[B-](F)(F)F.F[B-](F)(F)F.F[N+]12CC[N+](CCl)(CC1)CC2.On1nnc2ccccc21. The number of nitrogens with zero attached hydrogens (tertiary/aromatic N) is 5. The molecule has 0 spiro atoms. The zero-order chi connectivity index (χ0) is 23.9. The Bertz CT molecular complexity index is 774. The molecule has 0 radical (unpaired) electrons. The van der Waals surface area contributed by atoms with E-state index in [2.05, 4.69) is 10.3 Å². The predicted octanol–water partition coefficient (Wildman–Crippen LogP) is 4.00. The van der Waals surface area contributed by atoms with Crippen LogP contribution in [0.4, 0.5) is 39.0 Å². The van der Waals surface area contributed by atoms with Crippen LogP contribution in [0.25, 0.3) is 11.0 Å². The van der Waals surface area contributed by atoms with Crippen molar-refractivity contribution < 1.29 is 53.4 Å². The van der Waals surface area contributed by atoms with Crippen molar-refractivity contribution in [1.82, 2.24) is 15.2 Å². The highest BCUT2D eigenvalue weighted by Crippen LogP contribution is 2.27. The van der Waals surface area contributed by atoms with Crippen molar-refractivity contribution in [3.8, 4) is 0 Å². The lowest BCUT2D eigenvalue weighted by atomic mass is 10.2. The number of aromatic nitrogens is 3. The largest absolute Gasteiger partial charge is 0.673 e. The van der Waals surface area contributed by atoms with Gasteiger partial charge in [-0.25, -0.2) is 0 Å². The number of hydrogen-bond acceptors (Lipinski definition) is 3. The summed E-state index contributed by atoms with van der Waals surface area (Å²) in [5, 5.41) is 16.1. The van der Waals surface area contributed by atoms with Gasteiger partial charge in [0.25, 0.3) is 0 Å². The first kappa shape index (κ1) is 27.2. The summed E-state index contributed by atoms with van der Waals surface area (Å²) < 4.78 is 92.3. The molecule has 1 aromatic carbocycles. The number of quaternary nitrogens is 2. The second-order valence-corrected chi connectivity index (χ2v) is 7.03. The number of benzene rings is 1. The fourth-order valence-corrected chi connectivity index (χ4v) is 3.24. The van der Waals surface area contributed by atoms with Crippen LogP contribution in [-0.4, -0.2) is 89.3 Å². The van der Waals surface area contributed by atoms with Crippen molar-refractivity contribution in [3.05, 3.63) is 24.3 Å². The van der Waals surface area contributed by atoms with Gasteiger partial charge in [-0.15, -0.1) is 9.80 Å². The summed E-state index contributed by atoms with van der Waals surface area (Å²) >= 11 is 5.85. The van der Waals surface area contributed by atoms with Crippen molar-refractivity contribution in [2.24, 2.45) is 0 Å². The number of hydrogen-bond donors (Lipinski definition) is 1. The Labute approximate surface area is 176 Å². The second-order valence-electron chi connectivity index (χ2n) is 6.79. The molecule has 31 heavy (non-hydrogen) atoms. The van der Waals surface area contributed by atoms with E-state index in [1.165, 1.54) is 0 Å². The van der Waals surface area contributed by atoms with E-state index < -0.39 is 14.5 Å². The molecule has 3 aliphatic heterocycles. The minimum absolute atomic E-state index is 0.198. The number of alkyl halides is 1. The lowest BCUT2D eigenvalue weighted by Gasteiger charge is -2.48. The minimum Gasteiger partial charge on any atom is -0.418 e. The van der Waals surface area contributed by atoms with Crippen molar-refractivity contribution in [2.75, 3.05) is 45.3 Å². The van der Waals surface area contributed by atoms with Crippen molar-refractivity contribution in [1.29, 1.82) is 0 Å². The summed E-state index contributed by atoms with van der Waals surface area (Å²) in [4.78, 5) is 0.759. The van der Waals surface area contributed by atoms with Gasteiger partial charge in [0.1, 0.15) is 30.7 Å². The molecule has 3 aliphatic rings. The summed E-state index contributed by atoms with van der Waals surface area (Å²) in [6, 6.07) is 7.86. The highest BCUT2D eigenvalue weighted by molar-refractivity contribution is 6.50. The molecule has 1 N–H and O–H groups in total. The zero-order valence-corrected chi connectivity index (χ0v) is 16.6. The van der Waals surface area contributed by atoms with Crippen LogP contribution in [0.1, 0.15) is 0 Å². The third kappa shape index (κ3) is 10.8. The third-order valence-electron chi connectivity index (χ3n) is 4.51. The van der Waals surface area contributed by atoms with Gasteiger partial charge in [0.05, 0.1) is 0 Å². The molecule has 18 heteroatoms. The van der Waals surface area contributed by atoms with E-state index in [4.69, 9.17) is 16.8 Å². The molecule has 6 nitrogen and oxygen atoms in total. The first-order chi connectivity index (χ1) is 14.1. The first-order valence-corrected chi connectivity index (χ1v) is 9.30. The third-order valence-corrected chi connectivity index (χ3v) is 5.02. The molecule has 5 rings (SSSR count). The molecule has 0 unspecified atom stereocenters. The molecule has 178 valence electrons. The van der Waals surface area contributed by atoms with Crippen LogP contribution >= 0.6 is 11.6 Å². The monoisotopic (exact) mass is 489 g/mol. The van der Waals surface area contributed by atoms with Crippen LogP contribution in [0.5, 0.6) is 0 Å². The van der Waals surface area contributed by atoms with Gasteiger partial charge >= 0.3 is 14.5 Å². The van der Waals surface area contributed by atoms with E-state index in [9.17, 15) is 39.0 Å². The maximum Gasteiger partial charge on any atom is 0.673 e. The molecule has 0 saturated carbocycles. The van der Waals surface area contributed by atoms with Gasteiger partial charge in [-0.2, -0.15) is 0 Å². The van der Waals surface area contributed by atoms with Crippen LogP contribution in [-0.2, 0) is 0 Å². The smallest absolute Gasteiger partial charge is 0.418 e. The Morgan fingerprint density at radius 2 is 1.29 bits per heavy atom. The number of piperazine rings is 3. The summed E-state index contributed by atoms with van der Waals surface area (Å²) in [7, 11) is -12.0. The lowest BCUT2D eigenvalue weighted by molar-refractivity contribution is -1.15. The van der Waals surface area contributed by atoms with Gasteiger partial charge in [-0.3, -0.25) is 4.48 Å². The quantitative estimate of drug-likeness (QED) is 0.125. The fraction of sp³-hybridized carbons (Fsp3) is 0.538. The van der Waals surface area contributed by atoms with Crippen LogP contribution in [0.15, 0.2) is 24.3 Å². The van der Waals surface area contributed by atoms with E-state index in [1.54, 1.807) is 12.1 Å². The Morgan fingerprint density at radius 1 is 0.871 bits per heavy atom. The van der Waals surface area contributed by atoms with Gasteiger partial charge in [0.15, 0.2) is 25.6 Å². The molecule has 0 atom stereocenters. The maximum absolute atomic E-state index is 13.5. The molecule has 4 heterocycles. The second kappa shape index (κ2) is 10.6. The van der Waals surface area contributed by atoms with Gasteiger partial charge in [-0.05, 0) is 21.8 Å². The topological polar surface area (TPSA) is 50.9 Å². The van der Waals surface area contributed by atoms with E-state index in [0.717, 1.165) is 29.0 Å². The highest BCUT2D eigenvalue weighted by Gasteiger charge is 2.50. The summed E-state index contributed by atoms with van der Waals surface area (Å²) in [6.07, 6.45) is 0. The summed E-state index contributed by atoms with van der Waals surface area (Å²) in [6.45, 7) is 4.81. The standard InChI is InChI=1S/C7H14ClFN2.C6H5N3O.2BF4/c8-7-10-1-4-11(9,5-2-10)6-3-10;10-9-6-4-2-1-3-5(6)7-8-9;2*2-1(3,4)5/h1-7H2;1-4,10H;;/q+2;;2*-1.